The zero-order chi connectivity index (χ0) is 13.9. The van der Waals surface area contributed by atoms with Crippen molar-refractivity contribution >= 4 is 11.8 Å². The van der Waals surface area contributed by atoms with Gasteiger partial charge < -0.3 is 14.7 Å². The summed E-state index contributed by atoms with van der Waals surface area (Å²) >= 11 is 0. The summed E-state index contributed by atoms with van der Waals surface area (Å²) in [7, 11) is 0. The zero-order valence-electron chi connectivity index (χ0n) is 11.3. The minimum atomic E-state index is -0.849. The number of aromatic nitrogens is 2. The van der Waals surface area contributed by atoms with Gasteiger partial charge in [-0.25, -0.2) is 14.8 Å². The summed E-state index contributed by atoms with van der Waals surface area (Å²) in [6, 6.07) is 1.71. The Labute approximate surface area is 112 Å². The molecule has 1 aromatic rings. The van der Waals surface area contributed by atoms with Crippen LogP contribution in [0.1, 0.15) is 33.1 Å². The van der Waals surface area contributed by atoms with Crippen LogP contribution in [0, 0.1) is 0 Å². The van der Waals surface area contributed by atoms with E-state index >= 15 is 0 Å². The molecule has 1 unspecified atom stereocenters. The molecule has 0 aliphatic carbocycles. The SMILES string of the molecule is CCOc1cc(N2CCCC2(CC)C(=O)O)ncn1. The minimum Gasteiger partial charge on any atom is -0.479 e. The molecule has 1 fully saturated rings. The highest BCUT2D eigenvalue weighted by molar-refractivity contribution is 5.84. The zero-order valence-corrected chi connectivity index (χ0v) is 11.3. The van der Waals surface area contributed by atoms with Crippen LogP contribution in [0.5, 0.6) is 5.88 Å². The van der Waals surface area contributed by atoms with Gasteiger partial charge in [0.1, 0.15) is 17.7 Å². The molecule has 1 atom stereocenters. The normalized spacial score (nSPS) is 22.5. The van der Waals surface area contributed by atoms with Crippen molar-refractivity contribution in [2.75, 3.05) is 18.1 Å². The summed E-state index contributed by atoms with van der Waals surface area (Å²) in [5.41, 5.74) is -0.849. The van der Waals surface area contributed by atoms with E-state index in [4.69, 9.17) is 4.74 Å². The number of ether oxygens (including phenoxy) is 1. The van der Waals surface area contributed by atoms with Gasteiger partial charge in [-0.2, -0.15) is 0 Å². The highest BCUT2D eigenvalue weighted by Gasteiger charge is 2.46. The van der Waals surface area contributed by atoms with E-state index in [9.17, 15) is 9.90 Å². The van der Waals surface area contributed by atoms with Crippen molar-refractivity contribution in [1.82, 2.24) is 9.97 Å². The van der Waals surface area contributed by atoms with E-state index < -0.39 is 11.5 Å². The van der Waals surface area contributed by atoms with Gasteiger partial charge >= 0.3 is 5.97 Å². The van der Waals surface area contributed by atoms with Crippen molar-refractivity contribution in [3.05, 3.63) is 12.4 Å². The van der Waals surface area contributed by atoms with Crippen molar-refractivity contribution in [2.45, 2.75) is 38.6 Å². The second-order valence-corrected chi connectivity index (χ2v) is 4.59. The Balaban J connectivity index is 2.34. The van der Waals surface area contributed by atoms with Gasteiger partial charge in [-0.05, 0) is 26.2 Å². The molecule has 0 radical (unpaired) electrons. The maximum Gasteiger partial charge on any atom is 0.329 e. The molecule has 0 spiro atoms. The highest BCUT2D eigenvalue weighted by Crippen LogP contribution is 2.36. The third-order valence-electron chi connectivity index (χ3n) is 3.67. The molecule has 1 aliphatic rings. The fraction of sp³-hybridized carbons (Fsp3) is 0.615. The van der Waals surface area contributed by atoms with Crippen molar-refractivity contribution in [1.29, 1.82) is 0 Å². The van der Waals surface area contributed by atoms with Crippen molar-refractivity contribution < 1.29 is 14.6 Å². The van der Waals surface area contributed by atoms with E-state index in [2.05, 4.69) is 9.97 Å². The summed E-state index contributed by atoms with van der Waals surface area (Å²) < 4.78 is 5.34. The first-order valence-electron chi connectivity index (χ1n) is 6.60. The maximum absolute atomic E-state index is 11.6. The molecule has 0 saturated carbocycles. The van der Waals surface area contributed by atoms with Crippen LogP contribution in [-0.4, -0.2) is 39.7 Å². The first kappa shape index (κ1) is 13.6. The van der Waals surface area contributed by atoms with Gasteiger partial charge in [-0.15, -0.1) is 0 Å². The van der Waals surface area contributed by atoms with Crippen LogP contribution in [0.25, 0.3) is 0 Å². The predicted octanol–water partition coefficient (Wildman–Crippen LogP) is 1.71. The number of nitrogens with zero attached hydrogens (tertiary/aromatic N) is 3. The molecule has 0 bridgehead atoms. The molecule has 1 aromatic heterocycles. The van der Waals surface area contributed by atoms with Crippen LogP contribution in [0.3, 0.4) is 0 Å². The lowest BCUT2D eigenvalue weighted by Crippen LogP contribution is -2.50. The van der Waals surface area contributed by atoms with Crippen LogP contribution < -0.4 is 9.64 Å². The predicted molar refractivity (Wildman–Crippen MR) is 70.4 cm³/mol. The first-order valence-corrected chi connectivity index (χ1v) is 6.60. The van der Waals surface area contributed by atoms with Crippen molar-refractivity contribution in [2.24, 2.45) is 0 Å². The van der Waals surface area contributed by atoms with Crippen LogP contribution in [0.15, 0.2) is 12.4 Å². The second-order valence-electron chi connectivity index (χ2n) is 4.59. The number of anilines is 1. The first-order chi connectivity index (χ1) is 9.14. The Morgan fingerprint density at radius 1 is 1.53 bits per heavy atom. The van der Waals surface area contributed by atoms with Gasteiger partial charge in [0.25, 0.3) is 0 Å². The lowest BCUT2D eigenvalue weighted by molar-refractivity contribution is -0.143. The third-order valence-corrected chi connectivity index (χ3v) is 3.67. The molecule has 6 nitrogen and oxygen atoms in total. The quantitative estimate of drug-likeness (QED) is 0.873. The molecule has 19 heavy (non-hydrogen) atoms. The molecular formula is C13H19N3O3. The van der Waals surface area contributed by atoms with E-state index in [0.29, 0.717) is 37.7 Å². The van der Waals surface area contributed by atoms with Crippen LogP contribution in [0.2, 0.25) is 0 Å². The number of hydrogen-bond donors (Lipinski definition) is 1. The molecule has 2 heterocycles. The van der Waals surface area contributed by atoms with E-state index in [1.54, 1.807) is 6.07 Å². The van der Waals surface area contributed by atoms with E-state index in [0.717, 1.165) is 6.42 Å². The Bertz CT molecular complexity index is 466. The number of carboxylic acids is 1. The molecule has 2 rings (SSSR count). The highest BCUT2D eigenvalue weighted by atomic mass is 16.5. The van der Waals surface area contributed by atoms with E-state index in [1.165, 1.54) is 6.33 Å². The van der Waals surface area contributed by atoms with Gasteiger partial charge in [0.05, 0.1) is 6.61 Å². The largest absolute Gasteiger partial charge is 0.479 e. The number of carboxylic acid groups (broad SMARTS) is 1. The number of aliphatic carboxylic acids is 1. The third kappa shape index (κ3) is 2.34. The molecule has 0 aromatic carbocycles. The fourth-order valence-corrected chi connectivity index (χ4v) is 2.66. The second kappa shape index (κ2) is 5.42. The number of rotatable bonds is 5. The molecule has 104 valence electrons. The lowest BCUT2D eigenvalue weighted by Gasteiger charge is -2.34. The molecule has 1 aliphatic heterocycles. The number of carbonyl (C=O) groups is 1. The van der Waals surface area contributed by atoms with Gasteiger partial charge in [-0.1, -0.05) is 6.92 Å². The molecule has 1 saturated heterocycles. The van der Waals surface area contributed by atoms with Crippen LogP contribution in [-0.2, 0) is 4.79 Å². The number of hydrogen-bond acceptors (Lipinski definition) is 5. The van der Waals surface area contributed by atoms with Gasteiger partial charge in [0.15, 0.2) is 0 Å². The Hall–Kier alpha value is -1.85. The molecule has 6 heteroatoms. The Morgan fingerprint density at radius 2 is 2.32 bits per heavy atom. The summed E-state index contributed by atoms with van der Waals surface area (Å²) in [6.07, 6.45) is 3.47. The average molecular weight is 265 g/mol. The van der Waals surface area contributed by atoms with Gasteiger partial charge in [-0.3, -0.25) is 0 Å². The Kier molecular flexibility index (Phi) is 3.87. The van der Waals surface area contributed by atoms with Crippen molar-refractivity contribution in [3.63, 3.8) is 0 Å². The monoisotopic (exact) mass is 265 g/mol. The molecule has 1 N–H and O–H groups in total. The van der Waals surface area contributed by atoms with Crippen molar-refractivity contribution in [3.8, 4) is 5.88 Å². The average Bonchev–Trinajstić information content (AvgIpc) is 2.84. The summed E-state index contributed by atoms with van der Waals surface area (Å²) in [5.74, 6) is 0.319. The summed E-state index contributed by atoms with van der Waals surface area (Å²) in [6.45, 7) is 5.00. The topological polar surface area (TPSA) is 75.5 Å². The minimum absolute atomic E-state index is 0.481. The standard InChI is InChI=1S/C13H19N3O3/c1-3-13(12(17)18)6-5-7-16(13)10-8-11(19-4-2)15-9-14-10/h8-9H,3-7H2,1-2H3,(H,17,18). The van der Waals surface area contributed by atoms with Gasteiger partial charge in [0.2, 0.25) is 5.88 Å². The van der Waals surface area contributed by atoms with Crippen LogP contribution in [0.4, 0.5) is 5.82 Å². The smallest absolute Gasteiger partial charge is 0.329 e. The molecular weight excluding hydrogens is 246 g/mol. The van der Waals surface area contributed by atoms with Gasteiger partial charge in [0, 0.05) is 12.6 Å². The fourth-order valence-electron chi connectivity index (χ4n) is 2.66. The lowest BCUT2D eigenvalue weighted by atomic mass is 9.93. The van der Waals surface area contributed by atoms with Crippen LogP contribution >= 0.6 is 0 Å². The summed E-state index contributed by atoms with van der Waals surface area (Å²) in [5, 5.41) is 9.55. The van der Waals surface area contributed by atoms with E-state index in [1.807, 2.05) is 18.7 Å². The maximum atomic E-state index is 11.6. The summed E-state index contributed by atoms with van der Waals surface area (Å²) in [4.78, 5) is 21.7. The Morgan fingerprint density at radius 3 is 2.95 bits per heavy atom. The molecule has 0 amide bonds. The van der Waals surface area contributed by atoms with E-state index in [-0.39, 0.29) is 0 Å².